The molecule has 162 valence electrons. The number of nitrogens with one attached hydrogen (secondary N) is 2. The summed E-state index contributed by atoms with van der Waals surface area (Å²) in [5, 5.41) is 6.82. The topological polar surface area (TPSA) is 74.6 Å². The van der Waals surface area contributed by atoms with Gasteiger partial charge in [-0.25, -0.2) is 24.3 Å². The van der Waals surface area contributed by atoms with Crippen LogP contribution in [0.4, 0.5) is 10.3 Å². The lowest BCUT2D eigenvalue weighted by Crippen LogP contribution is -2.55. The van der Waals surface area contributed by atoms with E-state index in [1.165, 1.54) is 37.8 Å². The zero-order valence-corrected chi connectivity index (χ0v) is 17.9. The molecule has 2 unspecified atom stereocenters. The summed E-state index contributed by atoms with van der Waals surface area (Å²) in [6.45, 7) is 1.04. The fraction of sp³-hybridized carbons (Fsp3) is 0.500. The molecule has 1 aliphatic carbocycles. The number of anilines is 1. The maximum atomic E-state index is 13.9. The lowest BCUT2D eigenvalue weighted by atomic mass is 9.62. The molecule has 3 heterocycles. The number of benzene rings is 1. The van der Waals surface area contributed by atoms with E-state index in [0.717, 1.165) is 42.8 Å². The highest BCUT2D eigenvalue weighted by Crippen LogP contribution is 2.51. The molecule has 2 N–H and O–H groups in total. The van der Waals surface area contributed by atoms with Crippen molar-refractivity contribution in [2.24, 2.45) is 15.4 Å². The average molecular weight is 423 g/mol. The van der Waals surface area contributed by atoms with E-state index >= 15 is 0 Å². The summed E-state index contributed by atoms with van der Waals surface area (Å²) in [5.41, 5.74) is 1.75. The van der Waals surface area contributed by atoms with Crippen LogP contribution in [0.5, 0.6) is 0 Å². The van der Waals surface area contributed by atoms with E-state index in [-0.39, 0.29) is 11.2 Å². The van der Waals surface area contributed by atoms with Gasteiger partial charge in [-0.3, -0.25) is 0 Å². The highest BCUT2D eigenvalue weighted by Gasteiger charge is 2.56. The molecule has 5 rings (SSSR count). The zero-order valence-electron chi connectivity index (χ0n) is 17.9. The van der Waals surface area contributed by atoms with E-state index in [1.807, 2.05) is 25.2 Å². The normalized spacial score (nSPS) is 27.3. The van der Waals surface area contributed by atoms with Gasteiger partial charge in [-0.2, -0.15) is 0 Å². The average Bonchev–Trinajstić information content (AvgIpc) is 3.52. The van der Waals surface area contributed by atoms with Crippen molar-refractivity contribution in [2.45, 2.75) is 56.5 Å². The predicted octanol–water partition coefficient (Wildman–Crippen LogP) is 4.09. The first-order chi connectivity index (χ1) is 15.2. The molecule has 0 amide bonds. The Morgan fingerprint density at radius 3 is 2.65 bits per heavy atom. The van der Waals surface area contributed by atoms with Crippen molar-refractivity contribution in [3.63, 3.8) is 0 Å². The van der Waals surface area contributed by atoms with Crippen molar-refractivity contribution in [1.29, 1.82) is 0 Å². The third-order valence-electron chi connectivity index (χ3n) is 7.24. The van der Waals surface area contributed by atoms with Crippen molar-refractivity contribution < 1.29 is 4.39 Å². The first kappa shape index (κ1) is 20.2. The molecule has 31 heavy (non-hydrogen) atoms. The van der Waals surface area contributed by atoms with Crippen LogP contribution in [-0.2, 0) is 5.54 Å². The molecule has 0 bridgehead atoms. The molecule has 1 aromatic heterocycles. The highest BCUT2D eigenvalue weighted by molar-refractivity contribution is 6.09. The summed E-state index contributed by atoms with van der Waals surface area (Å²) in [6, 6.07) is 8.95. The second-order valence-corrected chi connectivity index (χ2v) is 8.82. The third kappa shape index (κ3) is 3.26. The Labute approximate surface area is 182 Å². The Morgan fingerprint density at radius 1 is 1.13 bits per heavy atom. The minimum atomic E-state index is -0.871. The van der Waals surface area contributed by atoms with Gasteiger partial charge in [0.25, 0.3) is 0 Å². The lowest BCUT2D eigenvalue weighted by molar-refractivity contribution is 0.209. The van der Waals surface area contributed by atoms with E-state index < -0.39 is 5.54 Å². The first-order valence-electron chi connectivity index (χ1n) is 11.3. The summed E-state index contributed by atoms with van der Waals surface area (Å²) in [5.74, 6) is 0.278. The van der Waals surface area contributed by atoms with E-state index in [2.05, 4.69) is 15.6 Å². The number of aromatic nitrogens is 2. The van der Waals surface area contributed by atoms with Crippen LogP contribution < -0.4 is 10.6 Å². The van der Waals surface area contributed by atoms with Crippen molar-refractivity contribution in [2.75, 3.05) is 18.9 Å². The van der Waals surface area contributed by atoms with Crippen LogP contribution in [0.15, 0.2) is 46.5 Å². The van der Waals surface area contributed by atoms with Gasteiger partial charge < -0.3 is 10.6 Å². The van der Waals surface area contributed by atoms with Gasteiger partial charge in [0.2, 0.25) is 5.95 Å². The Bertz CT molecular complexity index is 989. The molecule has 2 aromatic rings. The second-order valence-electron chi connectivity index (χ2n) is 8.82. The molecular weight excluding hydrogens is 393 g/mol. The standard InChI is InChI=1S/C24H29FN6/c1-26-22-28-15-11-20(31-22)24(17-7-9-18(25)10-8-17)21(29-16-30-24)23(12-3-2-4-13-23)19-6-5-14-27-19/h7-11,15-16,19,27H,2-6,12-14H2,1H3,(H,26,28,31)/i17+2. The monoisotopic (exact) mass is 422 g/mol. The van der Waals surface area contributed by atoms with Gasteiger partial charge in [-0.05, 0) is 56.0 Å². The van der Waals surface area contributed by atoms with E-state index in [1.54, 1.807) is 12.5 Å². The number of halogens is 1. The van der Waals surface area contributed by atoms with Crippen molar-refractivity contribution in [3.8, 4) is 0 Å². The number of hydrogen-bond acceptors (Lipinski definition) is 6. The van der Waals surface area contributed by atoms with Gasteiger partial charge in [-0.15, -0.1) is 0 Å². The minimum Gasteiger partial charge on any atom is -0.357 e. The van der Waals surface area contributed by atoms with Crippen molar-refractivity contribution in [1.82, 2.24) is 15.3 Å². The SMILES string of the molecule is CNc1nccc(C2([14c]3ccc(F)cc3)N=CN=C2C2(C3CCCN3)CCCCC2)n1. The van der Waals surface area contributed by atoms with Crippen LogP contribution >= 0.6 is 0 Å². The van der Waals surface area contributed by atoms with Gasteiger partial charge in [0, 0.05) is 24.7 Å². The van der Waals surface area contributed by atoms with E-state index in [9.17, 15) is 4.39 Å². The molecule has 3 aliphatic rings. The molecule has 1 saturated carbocycles. The Hall–Kier alpha value is -2.67. The predicted molar refractivity (Wildman–Crippen MR) is 121 cm³/mol. The molecule has 2 atom stereocenters. The Morgan fingerprint density at radius 2 is 1.94 bits per heavy atom. The molecule has 2 aliphatic heterocycles. The maximum Gasteiger partial charge on any atom is 0.222 e. The molecule has 1 aromatic carbocycles. The lowest BCUT2D eigenvalue weighted by Gasteiger charge is -2.47. The number of rotatable bonds is 5. The Balaban J connectivity index is 1.72. The Kier molecular flexibility index (Phi) is 5.30. The van der Waals surface area contributed by atoms with Crippen molar-refractivity contribution >= 4 is 18.0 Å². The molecule has 6 nitrogen and oxygen atoms in total. The van der Waals surface area contributed by atoms with E-state index in [0.29, 0.717) is 12.0 Å². The number of nitrogens with zero attached hydrogens (tertiary/aromatic N) is 4. The molecule has 0 spiro atoms. The van der Waals surface area contributed by atoms with Gasteiger partial charge in [0.1, 0.15) is 12.2 Å². The van der Waals surface area contributed by atoms with Gasteiger partial charge >= 0.3 is 0 Å². The molecule has 0 radical (unpaired) electrons. The maximum absolute atomic E-state index is 13.9. The summed E-state index contributed by atoms with van der Waals surface area (Å²) in [4.78, 5) is 19.1. The van der Waals surface area contributed by atoms with Crippen molar-refractivity contribution in [3.05, 3.63) is 53.6 Å². The molecule has 7 heteroatoms. The largest absolute Gasteiger partial charge is 0.357 e. The van der Waals surface area contributed by atoms with Crippen LogP contribution in [0.3, 0.4) is 0 Å². The zero-order chi connectivity index (χ0) is 21.3. The van der Waals surface area contributed by atoms with Crippen LogP contribution in [0.2, 0.25) is 0 Å². The van der Waals surface area contributed by atoms with E-state index in [4.69, 9.17) is 15.0 Å². The number of aliphatic imine (C=N–C) groups is 2. The summed E-state index contributed by atoms with van der Waals surface area (Å²) < 4.78 is 13.9. The number of hydrogen-bond donors (Lipinski definition) is 2. The first-order valence-corrected chi connectivity index (χ1v) is 11.3. The van der Waals surface area contributed by atoms with Crippen LogP contribution in [-0.4, -0.2) is 41.7 Å². The van der Waals surface area contributed by atoms with Gasteiger partial charge in [0.15, 0.2) is 5.54 Å². The molecule has 1 saturated heterocycles. The van der Waals surface area contributed by atoms with Crippen LogP contribution in [0, 0.1) is 11.2 Å². The van der Waals surface area contributed by atoms with Crippen LogP contribution in [0.25, 0.3) is 0 Å². The summed E-state index contributed by atoms with van der Waals surface area (Å²) in [7, 11) is 1.81. The summed E-state index contributed by atoms with van der Waals surface area (Å²) in [6.07, 6.45) is 11.6. The third-order valence-corrected chi connectivity index (χ3v) is 7.24. The fourth-order valence-corrected chi connectivity index (χ4v) is 5.82. The van der Waals surface area contributed by atoms with Gasteiger partial charge in [0.05, 0.1) is 11.4 Å². The second kappa shape index (κ2) is 8.11. The minimum absolute atomic E-state index is 0.0929. The smallest absolute Gasteiger partial charge is 0.222 e. The van der Waals surface area contributed by atoms with Gasteiger partial charge in [-0.1, -0.05) is 31.4 Å². The van der Waals surface area contributed by atoms with Crippen LogP contribution in [0.1, 0.15) is 56.2 Å². The summed E-state index contributed by atoms with van der Waals surface area (Å²) >= 11 is 0. The molecular formula is C24H29FN6. The highest BCUT2D eigenvalue weighted by atomic mass is 19.1. The quantitative estimate of drug-likeness (QED) is 0.761. The molecule has 2 fully saturated rings. The fourth-order valence-electron chi connectivity index (χ4n) is 5.82.